The highest BCUT2D eigenvalue weighted by Crippen LogP contribution is 2.23. The summed E-state index contributed by atoms with van der Waals surface area (Å²) in [4.78, 5) is 36.4. The van der Waals surface area contributed by atoms with Crippen molar-refractivity contribution in [2.75, 3.05) is 33.0 Å². The van der Waals surface area contributed by atoms with Crippen molar-refractivity contribution < 1.29 is 74.2 Å². The van der Waals surface area contributed by atoms with Crippen molar-refractivity contribution in [3.63, 3.8) is 0 Å². The van der Waals surface area contributed by atoms with E-state index in [1.54, 1.807) is 0 Å². The fraction of sp³-hybridized carbons (Fsp3) is 0.893. The van der Waals surface area contributed by atoms with Gasteiger partial charge in [0.1, 0.15) is 48.8 Å². The fourth-order valence-corrected chi connectivity index (χ4v) is 4.86. The SMILES string of the molecule is CC(=O)[C@H](CCCCNC(=O)CCCOC1OC(CO)C(O)C(O)C1O)NC(=O)CCCCOC1OC(CO)C(O)C(O)C1O. The molecule has 0 bridgehead atoms. The maximum Gasteiger partial charge on any atom is 0.220 e. The number of hydrogen-bond donors (Lipinski definition) is 10. The Kier molecular flexibility index (Phi) is 17.8. The number of nitrogens with one attached hydrogen (secondary N) is 2. The molecule has 0 spiro atoms. The average molecular weight is 655 g/mol. The van der Waals surface area contributed by atoms with Crippen molar-refractivity contribution in [3.05, 3.63) is 0 Å². The van der Waals surface area contributed by atoms with Crippen LogP contribution in [0.25, 0.3) is 0 Å². The first-order chi connectivity index (χ1) is 21.4. The van der Waals surface area contributed by atoms with Crippen LogP contribution < -0.4 is 10.6 Å². The first kappa shape index (κ1) is 39.3. The Hall–Kier alpha value is -1.87. The van der Waals surface area contributed by atoms with Gasteiger partial charge in [0.25, 0.3) is 0 Å². The Morgan fingerprint density at radius 2 is 1.18 bits per heavy atom. The molecule has 0 radical (unpaired) electrons. The Morgan fingerprint density at radius 3 is 1.69 bits per heavy atom. The summed E-state index contributed by atoms with van der Waals surface area (Å²) in [5, 5.41) is 83.0. The van der Waals surface area contributed by atoms with Crippen molar-refractivity contribution in [3.8, 4) is 0 Å². The van der Waals surface area contributed by atoms with E-state index in [1.807, 2.05) is 0 Å². The van der Waals surface area contributed by atoms with E-state index in [0.717, 1.165) is 0 Å². The summed E-state index contributed by atoms with van der Waals surface area (Å²) in [6.07, 6.45) is -10.8. The number of rotatable bonds is 20. The minimum Gasteiger partial charge on any atom is -0.394 e. The molecule has 2 aliphatic heterocycles. The molecule has 262 valence electrons. The number of carbonyl (C=O) groups is 3. The summed E-state index contributed by atoms with van der Waals surface area (Å²) in [7, 11) is 0. The van der Waals surface area contributed by atoms with Crippen LogP contribution in [0.5, 0.6) is 0 Å². The van der Waals surface area contributed by atoms with E-state index in [9.17, 15) is 55.2 Å². The van der Waals surface area contributed by atoms with Crippen LogP contribution in [0.4, 0.5) is 0 Å². The zero-order valence-electron chi connectivity index (χ0n) is 25.5. The number of carbonyl (C=O) groups excluding carboxylic acids is 3. The minimum atomic E-state index is -1.54. The van der Waals surface area contributed by atoms with Gasteiger partial charge in [0, 0.05) is 26.0 Å². The molecular formula is C28H50N2O15. The standard InChI is InChI=1S/C28H50N2O15/c1-15(33)16(30-20(35)8-3-5-11-42-27-25(40)23(38)21(36)17(13-31)44-27)7-2-4-10-29-19(34)9-6-12-43-28-26(41)24(39)22(37)18(14-32)45-28/h16-18,21-28,31-32,36-41H,2-14H2,1H3,(H,29,34)(H,30,35)/t16-,17?,18?,21?,22?,23?,24?,25?,26?,27?,28?/m0/s1. The molecule has 0 saturated carbocycles. The van der Waals surface area contributed by atoms with Crippen molar-refractivity contribution in [1.29, 1.82) is 0 Å². The number of hydrogen-bond acceptors (Lipinski definition) is 15. The maximum absolute atomic E-state index is 12.3. The molecular weight excluding hydrogens is 604 g/mol. The Labute approximate surface area is 261 Å². The van der Waals surface area contributed by atoms with Gasteiger partial charge in [-0.2, -0.15) is 0 Å². The molecule has 2 aliphatic rings. The monoisotopic (exact) mass is 654 g/mol. The molecule has 0 aromatic rings. The third kappa shape index (κ3) is 12.7. The second-order valence-corrected chi connectivity index (χ2v) is 11.3. The lowest BCUT2D eigenvalue weighted by Crippen LogP contribution is -2.59. The molecule has 2 amide bonds. The maximum atomic E-state index is 12.3. The molecule has 11 atom stereocenters. The summed E-state index contributed by atoms with van der Waals surface area (Å²) < 4.78 is 21.2. The van der Waals surface area contributed by atoms with Crippen LogP contribution in [0, 0.1) is 0 Å². The first-order valence-corrected chi connectivity index (χ1v) is 15.3. The average Bonchev–Trinajstić information content (AvgIpc) is 3.01. The van der Waals surface area contributed by atoms with Gasteiger partial charge in [0.05, 0.1) is 25.9 Å². The number of Topliss-reactive ketones (excluding diaryl/α,β-unsaturated/α-hetero) is 1. The van der Waals surface area contributed by atoms with Gasteiger partial charge in [-0.3, -0.25) is 14.4 Å². The molecule has 2 fully saturated rings. The van der Waals surface area contributed by atoms with Gasteiger partial charge >= 0.3 is 0 Å². The lowest BCUT2D eigenvalue weighted by molar-refractivity contribution is -0.301. The molecule has 0 aromatic heterocycles. The van der Waals surface area contributed by atoms with Crippen LogP contribution in [0.15, 0.2) is 0 Å². The third-order valence-electron chi connectivity index (χ3n) is 7.68. The molecule has 10 unspecified atom stereocenters. The quantitative estimate of drug-likeness (QED) is 0.0559. The zero-order valence-corrected chi connectivity index (χ0v) is 25.5. The summed E-state index contributed by atoms with van der Waals surface area (Å²) in [5.74, 6) is -0.751. The topological polar surface area (TPSA) is 274 Å². The lowest BCUT2D eigenvalue weighted by atomic mass is 9.99. The van der Waals surface area contributed by atoms with Crippen LogP contribution in [0.2, 0.25) is 0 Å². The van der Waals surface area contributed by atoms with Gasteiger partial charge in [0.2, 0.25) is 11.8 Å². The Bertz CT molecular complexity index is 894. The summed E-state index contributed by atoms with van der Waals surface area (Å²) in [5.41, 5.74) is 0. The van der Waals surface area contributed by atoms with Crippen LogP contribution in [-0.2, 0) is 33.3 Å². The number of ether oxygens (including phenoxy) is 4. The number of aliphatic hydroxyl groups excluding tert-OH is 8. The highest BCUT2D eigenvalue weighted by Gasteiger charge is 2.45. The van der Waals surface area contributed by atoms with Crippen LogP contribution in [0.1, 0.15) is 58.3 Å². The molecule has 17 nitrogen and oxygen atoms in total. The number of amides is 2. The van der Waals surface area contributed by atoms with E-state index in [-0.39, 0.29) is 43.7 Å². The van der Waals surface area contributed by atoms with E-state index >= 15 is 0 Å². The van der Waals surface area contributed by atoms with Gasteiger partial charge in [0.15, 0.2) is 18.4 Å². The second-order valence-electron chi connectivity index (χ2n) is 11.3. The lowest BCUT2D eigenvalue weighted by Gasteiger charge is -2.39. The van der Waals surface area contributed by atoms with Gasteiger partial charge in [-0.25, -0.2) is 0 Å². The van der Waals surface area contributed by atoms with Gasteiger partial charge in [-0.05, 0) is 45.4 Å². The van der Waals surface area contributed by atoms with E-state index < -0.39 is 80.7 Å². The Morgan fingerprint density at radius 1 is 0.667 bits per heavy atom. The molecule has 2 saturated heterocycles. The van der Waals surface area contributed by atoms with Crippen molar-refractivity contribution >= 4 is 17.6 Å². The van der Waals surface area contributed by atoms with E-state index in [1.165, 1.54) is 6.92 Å². The number of ketones is 1. The summed E-state index contributed by atoms with van der Waals surface area (Å²) in [6.45, 7) is 0.728. The third-order valence-corrected chi connectivity index (χ3v) is 7.68. The number of aliphatic hydroxyl groups is 8. The normalized spacial score (nSPS) is 32.6. The van der Waals surface area contributed by atoms with E-state index in [4.69, 9.17) is 18.9 Å². The first-order valence-electron chi connectivity index (χ1n) is 15.3. The fourth-order valence-electron chi connectivity index (χ4n) is 4.86. The van der Waals surface area contributed by atoms with Crippen molar-refractivity contribution in [2.45, 2.75) is 126 Å². The zero-order chi connectivity index (χ0) is 33.5. The number of unbranched alkanes of at least 4 members (excludes halogenated alkanes) is 2. The largest absolute Gasteiger partial charge is 0.394 e. The molecule has 45 heavy (non-hydrogen) atoms. The minimum absolute atomic E-state index is 0.0291. The van der Waals surface area contributed by atoms with Crippen molar-refractivity contribution in [1.82, 2.24) is 10.6 Å². The molecule has 2 heterocycles. The van der Waals surface area contributed by atoms with Crippen molar-refractivity contribution in [2.24, 2.45) is 0 Å². The highest BCUT2D eigenvalue weighted by molar-refractivity contribution is 5.87. The highest BCUT2D eigenvalue weighted by atomic mass is 16.7. The summed E-state index contributed by atoms with van der Waals surface area (Å²) in [6, 6.07) is -0.668. The van der Waals surface area contributed by atoms with Gasteiger partial charge in [-0.15, -0.1) is 0 Å². The smallest absolute Gasteiger partial charge is 0.220 e. The Balaban J connectivity index is 1.54. The molecule has 0 aromatic carbocycles. The van der Waals surface area contributed by atoms with Gasteiger partial charge in [-0.1, -0.05) is 0 Å². The van der Waals surface area contributed by atoms with E-state index in [0.29, 0.717) is 45.1 Å². The van der Waals surface area contributed by atoms with Crippen LogP contribution in [0.3, 0.4) is 0 Å². The second kappa shape index (κ2) is 20.4. The van der Waals surface area contributed by atoms with E-state index in [2.05, 4.69) is 10.6 Å². The molecule has 0 aliphatic carbocycles. The van der Waals surface area contributed by atoms with Crippen LogP contribution >= 0.6 is 0 Å². The molecule has 2 rings (SSSR count). The predicted molar refractivity (Wildman–Crippen MR) is 152 cm³/mol. The van der Waals surface area contributed by atoms with Crippen LogP contribution in [-0.4, -0.2) is 159 Å². The van der Waals surface area contributed by atoms with Gasteiger partial charge < -0.3 is 70.4 Å². The predicted octanol–water partition coefficient (Wildman–Crippen LogP) is -4.07. The molecule has 17 heteroatoms. The summed E-state index contributed by atoms with van der Waals surface area (Å²) >= 11 is 0. The molecule has 10 N–H and O–H groups in total.